The standard InChI is InChI=1S/C25H26N2O6/c1-27(33-14-22(28)29)23(30)25-11-15(25)10-16(12-25)26-24(31)32-13-21-19-8-4-2-6-17(19)18-7-3-5-9-20(18)21/h2-9,15-16,21H,10-14H2,1H3,(H,26,31)(H,28,29)/t15-,16+,25+/m1/s1. The van der Waals surface area contributed by atoms with Crippen LogP contribution in [0.25, 0.3) is 11.1 Å². The van der Waals surface area contributed by atoms with Crippen LogP contribution in [0.4, 0.5) is 4.79 Å². The maximum atomic E-state index is 12.8. The molecule has 0 unspecified atom stereocenters. The van der Waals surface area contributed by atoms with Crippen molar-refractivity contribution >= 4 is 18.0 Å². The fourth-order valence-electron chi connectivity index (χ4n) is 5.60. The Labute approximate surface area is 191 Å². The lowest BCUT2D eigenvalue weighted by Crippen LogP contribution is -2.39. The van der Waals surface area contributed by atoms with Crippen molar-refractivity contribution in [2.75, 3.05) is 20.3 Å². The fraction of sp³-hybridized carbons (Fsp3) is 0.400. The highest BCUT2D eigenvalue weighted by Crippen LogP contribution is 2.64. The van der Waals surface area contributed by atoms with Crippen LogP contribution in [0, 0.1) is 11.3 Å². The first-order chi connectivity index (χ1) is 15.9. The van der Waals surface area contributed by atoms with Crippen LogP contribution < -0.4 is 5.32 Å². The van der Waals surface area contributed by atoms with Crippen molar-refractivity contribution in [3.8, 4) is 11.1 Å². The maximum absolute atomic E-state index is 12.8. The van der Waals surface area contributed by atoms with E-state index in [1.165, 1.54) is 18.2 Å². The Morgan fingerprint density at radius 1 is 1.06 bits per heavy atom. The number of hydroxylamine groups is 2. The molecule has 33 heavy (non-hydrogen) atoms. The molecule has 8 heteroatoms. The second-order valence-corrected chi connectivity index (χ2v) is 9.13. The van der Waals surface area contributed by atoms with Crippen LogP contribution in [0.15, 0.2) is 48.5 Å². The number of amides is 2. The maximum Gasteiger partial charge on any atom is 0.407 e. The SMILES string of the molecule is CN(OCC(=O)O)C(=O)[C@@]12C[C@@H](NC(=O)OCC3c4ccccc4-c4ccccc43)C[C@@H]1C2. The van der Waals surface area contributed by atoms with E-state index in [1.807, 2.05) is 24.3 Å². The number of carbonyl (C=O) groups is 3. The van der Waals surface area contributed by atoms with E-state index in [2.05, 4.69) is 29.6 Å². The normalized spacial score (nSPS) is 24.4. The number of carboxylic acid groups (broad SMARTS) is 1. The third-order valence-electron chi connectivity index (χ3n) is 7.17. The largest absolute Gasteiger partial charge is 0.479 e. The van der Waals surface area contributed by atoms with Crippen LogP contribution in [-0.4, -0.2) is 54.4 Å². The highest BCUT2D eigenvalue weighted by Gasteiger charge is 2.66. The lowest BCUT2D eigenvalue weighted by atomic mass is 9.98. The Balaban J connectivity index is 1.17. The minimum absolute atomic E-state index is 0.00640. The van der Waals surface area contributed by atoms with E-state index in [9.17, 15) is 14.4 Å². The number of rotatable bonds is 7. The molecule has 3 aliphatic carbocycles. The monoisotopic (exact) mass is 450 g/mol. The zero-order chi connectivity index (χ0) is 23.2. The number of ether oxygens (including phenoxy) is 1. The average molecular weight is 450 g/mol. The molecule has 2 amide bonds. The summed E-state index contributed by atoms with van der Waals surface area (Å²) in [5, 5.41) is 12.7. The third kappa shape index (κ3) is 3.84. The highest BCUT2D eigenvalue weighted by atomic mass is 16.7. The lowest BCUT2D eigenvalue weighted by molar-refractivity contribution is -0.190. The second-order valence-electron chi connectivity index (χ2n) is 9.13. The summed E-state index contributed by atoms with van der Waals surface area (Å²) in [4.78, 5) is 41.0. The second kappa shape index (κ2) is 8.19. The smallest absolute Gasteiger partial charge is 0.407 e. The van der Waals surface area contributed by atoms with Gasteiger partial charge >= 0.3 is 12.1 Å². The van der Waals surface area contributed by atoms with Gasteiger partial charge in [-0.1, -0.05) is 48.5 Å². The van der Waals surface area contributed by atoms with E-state index in [4.69, 9.17) is 14.7 Å². The molecular formula is C25H26N2O6. The fourth-order valence-corrected chi connectivity index (χ4v) is 5.60. The van der Waals surface area contributed by atoms with Crippen molar-refractivity contribution in [3.63, 3.8) is 0 Å². The summed E-state index contributed by atoms with van der Waals surface area (Å²) in [5.74, 6) is -1.21. The number of benzene rings is 2. The molecule has 3 aliphatic rings. The zero-order valence-corrected chi connectivity index (χ0v) is 18.3. The number of fused-ring (bicyclic) bond motifs is 4. The number of nitrogens with one attached hydrogen (secondary N) is 1. The van der Waals surface area contributed by atoms with Gasteiger partial charge in [-0.25, -0.2) is 14.7 Å². The molecule has 0 saturated heterocycles. The first-order valence-corrected chi connectivity index (χ1v) is 11.1. The Bertz CT molecular complexity index is 1070. The first-order valence-electron chi connectivity index (χ1n) is 11.1. The Morgan fingerprint density at radius 3 is 2.33 bits per heavy atom. The molecule has 2 fully saturated rings. The van der Waals surface area contributed by atoms with E-state index in [0.29, 0.717) is 12.8 Å². The molecule has 8 nitrogen and oxygen atoms in total. The number of carboxylic acids is 1. The Hall–Kier alpha value is -3.39. The van der Waals surface area contributed by atoms with Gasteiger partial charge in [-0.3, -0.25) is 9.63 Å². The van der Waals surface area contributed by atoms with Crippen molar-refractivity contribution in [1.29, 1.82) is 0 Å². The van der Waals surface area contributed by atoms with Crippen molar-refractivity contribution in [3.05, 3.63) is 59.7 Å². The number of hydrogen-bond donors (Lipinski definition) is 2. The number of nitrogens with zero attached hydrogens (tertiary/aromatic N) is 1. The number of aliphatic carboxylic acids is 1. The van der Waals surface area contributed by atoms with Crippen LogP contribution in [0.1, 0.15) is 36.3 Å². The number of alkyl carbamates (subject to hydrolysis) is 1. The zero-order valence-electron chi connectivity index (χ0n) is 18.3. The summed E-state index contributed by atoms with van der Waals surface area (Å²) in [6.07, 6.45) is 1.45. The van der Waals surface area contributed by atoms with Gasteiger partial charge in [0.15, 0.2) is 6.61 Å². The predicted octanol–water partition coefficient (Wildman–Crippen LogP) is 3.17. The minimum atomic E-state index is -1.14. The predicted molar refractivity (Wildman–Crippen MR) is 118 cm³/mol. The molecule has 0 aliphatic heterocycles. The molecule has 0 spiro atoms. The van der Waals surface area contributed by atoms with Gasteiger partial charge < -0.3 is 15.2 Å². The molecule has 2 saturated carbocycles. The molecule has 0 heterocycles. The Kier molecular flexibility index (Phi) is 5.32. The van der Waals surface area contributed by atoms with Crippen LogP contribution in [-0.2, 0) is 19.2 Å². The average Bonchev–Trinajstić information content (AvgIpc) is 3.23. The van der Waals surface area contributed by atoms with Crippen molar-refractivity contribution in [2.45, 2.75) is 31.2 Å². The van der Waals surface area contributed by atoms with Crippen molar-refractivity contribution in [2.24, 2.45) is 11.3 Å². The van der Waals surface area contributed by atoms with Crippen LogP contribution in [0.5, 0.6) is 0 Å². The highest BCUT2D eigenvalue weighted by molar-refractivity contribution is 5.86. The van der Waals surface area contributed by atoms with Gasteiger partial charge in [0.25, 0.3) is 5.91 Å². The van der Waals surface area contributed by atoms with E-state index in [0.717, 1.165) is 22.6 Å². The van der Waals surface area contributed by atoms with E-state index in [-0.39, 0.29) is 30.4 Å². The minimum Gasteiger partial charge on any atom is -0.479 e. The van der Waals surface area contributed by atoms with Crippen molar-refractivity contribution in [1.82, 2.24) is 10.4 Å². The summed E-state index contributed by atoms with van der Waals surface area (Å²) < 4.78 is 5.62. The number of hydrogen-bond acceptors (Lipinski definition) is 5. The topological polar surface area (TPSA) is 105 Å². The summed E-state index contributed by atoms with van der Waals surface area (Å²) in [5.41, 5.74) is 4.08. The molecule has 3 atom stereocenters. The molecule has 0 aromatic heterocycles. The van der Waals surface area contributed by atoms with E-state index >= 15 is 0 Å². The van der Waals surface area contributed by atoms with Gasteiger partial charge in [0, 0.05) is 19.0 Å². The first kappa shape index (κ1) is 21.5. The van der Waals surface area contributed by atoms with Gasteiger partial charge in [0.1, 0.15) is 6.61 Å². The molecule has 2 N–H and O–H groups in total. The van der Waals surface area contributed by atoms with E-state index in [1.54, 1.807) is 0 Å². The summed E-state index contributed by atoms with van der Waals surface area (Å²) in [6, 6.07) is 16.2. The summed E-state index contributed by atoms with van der Waals surface area (Å²) in [6.45, 7) is -0.323. The molecule has 0 radical (unpaired) electrons. The number of carbonyl (C=O) groups excluding carboxylic acids is 2. The Morgan fingerprint density at radius 2 is 1.70 bits per heavy atom. The lowest BCUT2D eigenvalue weighted by Gasteiger charge is -2.22. The molecule has 172 valence electrons. The molecule has 2 aromatic rings. The molecule has 0 bridgehead atoms. The van der Waals surface area contributed by atoms with Gasteiger partial charge in [-0.2, -0.15) is 0 Å². The summed E-state index contributed by atoms with van der Waals surface area (Å²) in [7, 11) is 1.43. The quantitative estimate of drug-likeness (QED) is 0.628. The molecular weight excluding hydrogens is 424 g/mol. The third-order valence-corrected chi connectivity index (χ3v) is 7.17. The van der Waals surface area contributed by atoms with Crippen LogP contribution in [0.3, 0.4) is 0 Å². The van der Waals surface area contributed by atoms with Gasteiger partial charge in [-0.15, -0.1) is 0 Å². The summed E-state index contributed by atoms with van der Waals surface area (Å²) >= 11 is 0. The van der Waals surface area contributed by atoms with Crippen LogP contribution >= 0.6 is 0 Å². The van der Waals surface area contributed by atoms with Crippen LogP contribution in [0.2, 0.25) is 0 Å². The van der Waals surface area contributed by atoms with Gasteiger partial charge in [0.05, 0.1) is 5.41 Å². The van der Waals surface area contributed by atoms with Gasteiger partial charge in [0.2, 0.25) is 0 Å². The van der Waals surface area contributed by atoms with E-state index < -0.39 is 24.1 Å². The molecule has 2 aromatic carbocycles. The molecule has 5 rings (SSSR count). The van der Waals surface area contributed by atoms with Gasteiger partial charge in [-0.05, 0) is 47.4 Å². The van der Waals surface area contributed by atoms with Crippen molar-refractivity contribution < 1.29 is 29.1 Å².